The van der Waals surface area contributed by atoms with Gasteiger partial charge in [-0.15, -0.1) is 0 Å². The van der Waals surface area contributed by atoms with Gasteiger partial charge in [0.2, 0.25) is 5.91 Å². The fraction of sp³-hybridized carbons (Fsp3) is 0.600. The molecule has 1 aliphatic rings. The summed E-state index contributed by atoms with van der Waals surface area (Å²) < 4.78 is 0. The number of rotatable bonds is 2. The Morgan fingerprint density at radius 3 is 2.82 bits per heavy atom. The molecule has 0 saturated carbocycles. The molecule has 0 spiro atoms. The van der Waals surface area contributed by atoms with Crippen molar-refractivity contribution in [3.8, 4) is 0 Å². The van der Waals surface area contributed by atoms with E-state index in [1.165, 1.54) is 6.20 Å². The maximum absolute atomic E-state index is 11.9. The summed E-state index contributed by atoms with van der Waals surface area (Å²) in [6.45, 7) is 0.615. The number of hydrogen-bond acceptors (Lipinski definition) is 5. The Bertz CT molecular complexity index is 432. The van der Waals surface area contributed by atoms with Crippen LogP contribution in [0, 0.1) is 10.1 Å². The lowest BCUT2D eigenvalue weighted by atomic mass is 10.1. The lowest BCUT2D eigenvalue weighted by Gasteiger charge is -2.21. The number of amides is 1. The summed E-state index contributed by atoms with van der Waals surface area (Å²) in [6.07, 6.45) is 5.72. The monoisotopic (exact) mass is 255 g/mol. The first-order chi connectivity index (χ1) is 8.18. The first kappa shape index (κ1) is 12.0. The minimum Gasteiger partial charge on any atom is -0.288 e. The highest BCUT2D eigenvalue weighted by molar-refractivity contribution is 7.18. The Hall–Kier alpha value is -1.50. The van der Waals surface area contributed by atoms with Gasteiger partial charge in [-0.2, -0.15) is 0 Å². The molecular formula is C10H13N3O3S. The zero-order chi connectivity index (χ0) is 12.3. The average molecular weight is 255 g/mol. The third kappa shape index (κ3) is 2.79. The minimum absolute atomic E-state index is 0.0186. The summed E-state index contributed by atoms with van der Waals surface area (Å²) in [6, 6.07) is 0. The third-order valence-electron chi connectivity index (χ3n) is 2.72. The van der Waals surface area contributed by atoms with Crippen LogP contribution in [-0.2, 0) is 4.79 Å². The Kier molecular flexibility index (Phi) is 3.68. The lowest BCUT2D eigenvalue weighted by molar-refractivity contribution is -0.380. The van der Waals surface area contributed by atoms with E-state index in [0.29, 0.717) is 18.1 Å². The van der Waals surface area contributed by atoms with Gasteiger partial charge >= 0.3 is 5.00 Å². The van der Waals surface area contributed by atoms with Crippen molar-refractivity contribution in [2.24, 2.45) is 0 Å². The molecule has 1 amide bonds. The molecule has 2 rings (SSSR count). The highest BCUT2D eigenvalue weighted by Crippen LogP contribution is 2.29. The van der Waals surface area contributed by atoms with E-state index in [2.05, 4.69) is 4.98 Å². The second kappa shape index (κ2) is 5.22. The SMILES string of the molecule is O=C1CCCCCCN1c1ncc([N+](=O)[O-])s1. The highest BCUT2D eigenvalue weighted by atomic mass is 32.1. The van der Waals surface area contributed by atoms with Gasteiger partial charge in [0, 0.05) is 13.0 Å². The molecule has 0 bridgehead atoms. The van der Waals surface area contributed by atoms with Crippen molar-refractivity contribution in [3.63, 3.8) is 0 Å². The molecule has 1 aliphatic heterocycles. The summed E-state index contributed by atoms with van der Waals surface area (Å²) in [4.78, 5) is 27.5. The lowest BCUT2D eigenvalue weighted by Crippen LogP contribution is -2.32. The maximum Gasteiger partial charge on any atom is 0.345 e. The number of aromatic nitrogens is 1. The van der Waals surface area contributed by atoms with Gasteiger partial charge in [0.25, 0.3) is 0 Å². The van der Waals surface area contributed by atoms with Gasteiger partial charge in [-0.3, -0.25) is 19.8 Å². The zero-order valence-electron chi connectivity index (χ0n) is 9.29. The molecule has 1 fully saturated rings. The van der Waals surface area contributed by atoms with Crippen molar-refractivity contribution >= 4 is 27.4 Å². The van der Waals surface area contributed by atoms with Crippen LogP contribution in [-0.4, -0.2) is 22.4 Å². The van der Waals surface area contributed by atoms with Crippen LogP contribution in [0.2, 0.25) is 0 Å². The molecule has 92 valence electrons. The standard InChI is InChI=1S/C10H13N3O3S/c14-8-5-3-1-2-4-6-12(8)10-11-7-9(17-10)13(15)16/h7H,1-6H2. The molecule has 0 atom stereocenters. The molecule has 0 aromatic carbocycles. The Morgan fingerprint density at radius 2 is 2.12 bits per heavy atom. The Labute approximate surface area is 102 Å². The number of hydrogen-bond donors (Lipinski definition) is 0. The molecule has 7 heteroatoms. The van der Waals surface area contributed by atoms with Gasteiger partial charge in [-0.1, -0.05) is 12.8 Å². The normalized spacial score (nSPS) is 17.6. The van der Waals surface area contributed by atoms with E-state index in [1.807, 2.05) is 0 Å². The van der Waals surface area contributed by atoms with Crippen molar-refractivity contribution in [2.75, 3.05) is 11.4 Å². The van der Waals surface area contributed by atoms with Crippen LogP contribution in [0.15, 0.2) is 6.20 Å². The topological polar surface area (TPSA) is 76.3 Å². The highest BCUT2D eigenvalue weighted by Gasteiger charge is 2.22. The molecule has 0 N–H and O–H groups in total. The van der Waals surface area contributed by atoms with Crippen LogP contribution in [0.25, 0.3) is 0 Å². The van der Waals surface area contributed by atoms with E-state index in [9.17, 15) is 14.9 Å². The fourth-order valence-corrected chi connectivity index (χ4v) is 2.60. The number of anilines is 1. The Balaban J connectivity index is 2.16. The molecule has 0 unspecified atom stereocenters. The van der Waals surface area contributed by atoms with E-state index in [0.717, 1.165) is 37.0 Å². The number of carbonyl (C=O) groups excluding carboxylic acids is 1. The van der Waals surface area contributed by atoms with E-state index in [1.54, 1.807) is 4.90 Å². The average Bonchev–Trinajstić information content (AvgIpc) is 2.73. The van der Waals surface area contributed by atoms with Gasteiger partial charge < -0.3 is 0 Å². The van der Waals surface area contributed by atoms with Crippen LogP contribution < -0.4 is 4.90 Å². The van der Waals surface area contributed by atoms with Crippen LogP contribution in [0.1, 0.15) is 32.1 Å². The number of nitro groups is 1. The minimum atomic E-state index is -0.477. The molecule has 1 aromatic heterocycles. The predicted octanol–water partition coefficient (Wildman–Crippen LogP) is 2.35. The van der Waals surface area contributed by atoms with Gasteiger partial charge in [0.1, 0.15) is 6.20 Å². The van der Waals surface area contributed by atoms with Crippen molar-refractivity contribution in [1.29, 1.82) is 0 Å². The van der Waals surface area contributed by atoms with Gasteiger partial charge in [-0.05, 0) is 24.2 Å². The van der Waals surface area contributed by atoms with Crippen molar-refractivity contribution in [2.45, 2.75) is 32.1 Å². The smallest absolute Gasteiger partial charge is 0.288 e. The maximum atomic E-state index is 11.9. The third-order valence-corrected chi connectivity index (χ3v) is 3.69. The zero-order valence-corrected chi connectivity index (χ0v) is 10.1. The first-order valence-electron chi connectivity index (χ1n) is 5.59. The molecule has 6 nitrogen and oxygen atoms in total. The summed E-state index contributed by atoms with van der Waals surface area (Å²) in [5.74, 6) is 0.0222. The molecule has 0 aliphatic carbocycles. The van der Waals surface area contributed by atoms with Crippen molar-refractivity contribution < 1.29 is 9.72 Å². The quantitative estimate of drug-likeness (QED) is 0.600. The van der Waals surface area contributed by atoms with E-state index >= 15 is 0 Å². The summed E-state index contributed by atoms with van der Waals surface area (Å²) in [5, 5.41) is 11.0. The number of nitrogens with zero attached hydrogens (tertiary/aromatic N) is 3. The van der Waals surface area contributed by atoms with Crippen LogP contribution in [0.3, 0.4) is 0 Å². The van der Waals surface area contributed by atoms with Gasteiger partial charge in [-0.25, -0.2) is 4.98 Å². The van der Waals surface area contributed by atoms with Gasteiger partial charge in [0.15, 0.2) is 5.13 Å². The number of carbonyl (C=O) groups is 1. The number of thiazole rings is 1. The van der Waals surface area contributed by atoms with Crippen LogP contribution >= 0.6 is 11.3 Å². The molecule has 17 heavy (non-hydrogen) atoms. The summed E-state index contributed by atoms with van der Waals surface area (Å²) >= 11 is 0.962. The van der Waals surface area contributed by atoms with E-state index in [4.69, 9.17) is 0 Å². The predicted molar refractivity (Wildman–Crippen MR) is 64.2 cm³/mol. The summed E-state index contributed by atoms with van der Waals surface area (Å²) in [5.41, 5.74) is 0. The molecule has 1 aromatic rings. The largest absolute Gasteiger partial charge is 0.345 e. The van der Waals surface area contributed by atoms with Crippen LogP contribution in [0.4, 0.5) is 10.1 Å². The second-order valence-electron chi connectivity index (χ2n) is 3.95. The first-order valence-corrected chi connectivity index (χ1v) is 6.41. The molecule has 0 radical (unpaired) electrons. The second-order valence-corrected chi connectivity index (χ2v) is 4.94. The van der Waals surface area contributed by atoms with E-state index < -0.39 is 4.92 Å². The van der Waals surface area contributed by atoms with E-state index in [-0.39, 0.29) is 10.9 Å². The molecular weight excluding hydrogens is 242 g/mol. The van der Waals surface area contributed by atoms with Crippen molar-refractivity contribution in [3.05, 3.63) is 16.3 Å². The summed E-state index contributed by atoms with van der Waals surface area (Å²) in [7, 11) is 0. The van der Waals surface area contributed by atoms with Crippen molar-refractivity contribution in [1.82, 2.24) is 4.98 Å². The molecule has 1 saturated heterocycles. The van der Waals surface area contributed by atoms with Gasteiger partial charge in [0.05, 0.1) is 4.92 Å². The fourth-order valence-electron chi connectivity index (χ4n) is 1.83. The van der Waals surface area contributed by atoms with Crippen LogP contribution in [0.5, 0.6) is 0 Å². The Morgan fingerprint density at radius 1 is 1.35 bits per heavy atom. The molecule has 2 heterocycles.